The molecule has 0 aliphatic carbocycles. The van der Waals surface area contributed by atoms with Gasteiger partial charge in [0.25, 0.3) is 0 Å². The second kappa shape index (κ2) is 4.86. The molecule has 0 amide bonds. The van der Waals surface area contributed by atoms with Crippen LogP contribution in [-0.2, 0) is 10.6 Å². The van der Waals surface area contributed by atoms with E-state index in [-0.39, 0.29) is 0 Å². The molecule has 0 bridgehead atoms. The molecule has 2 atom stereocenters. The van der Waals surface area contributed by atoms with E-state index in [1.54, 1.807) is 12.4 Å². The highest BCUT2D eigenvalue weighted by atomic mass is 35.5. The number of halogens is 1. The van der Waals surface area contributed by atoms with Crippen LogP contribution in [0.25, 0.3) is 11.0 Å². The molecule has 2 unspecified atom stereocenters. The SMILES string of the molecule is CC(C1CCOC1)n1c(CCl)nc2cnccc21. The summed E-state index contributed by atoms with van der Waals surface area (Å²) in [7, 11) is 0. The summed E-state index contributed by atoms with van der Waals surface area (Å²) >= 11 is 6.02. The number of pyridine rings is 1. The first-order valence-corrected chi connectivity index (χ1v) is 6.79. The molecule has 5 heteroatoms. The summed E-state index contributed by atoms with van der Waals surface area (Å²) in [6.07, 6.45) is 4.70. The molecule has 4 nitrogen and oxygen atoms in total. The molecule has 1 fully saturated rings. The summed E-state index contributed by atoms with van der Waals surface area (Å²) in [6, 6.07) is 2.36. The molecule has 0 aromatic carbocycles. The van der Waals surface area contributed by atoms with Crippen LogP contribution in [0.15, 0.2) is 18.5 Å². The second-order valence-corrected chi connectivity index (χ2v) is 5.03. The van der Waals surface area contributed by atoms with Crippen molar-refractivity contribution in [3.05, 3.63) is 24.3 Å². The van der Waals surface area contributed by atoms with Gasteiger partial charge in [0.1, 0.15) is 11.3 Å². The van der Waals surface area contributed by atoms with Crippen molar-refractivity contribution in [2.24, 2.45) is 5.92 Å². The predicted octanol–water partition coefficient (Wildman–Crippen LogP) is 2.77. The van der Waals surface area contributed by atoms with E-state index in [9.17, 15) is 0 Å². The molecule has 0 saturated carbocycles. The molecule has 96 valence electrons. The maximum atomic E-state index is 6.02. The lowest BCUT2D eigenvalue weighted by atomic mass is 10.0. The Morgan fingerprint density at radius 1 is 1.61 bits per heavy atom. The lowest BCUT2D eigenvalue weighted by Crippen LogP contribution is -2.18. The number of nitrogens with zero attached hydrogens (tertiary/aromatic N) is 3. The van der Waals surface area contributed by atoms with Crippen LogP contribution in [0.1, 0.15) is 25.2 Å². The van der Waals surface area contributed by atoms with Crippen LogP contribution in [0.2, 0.25) is 0 Å². The van der Waals surface area contributed by atoms with Crippen LogP contribution in [0, 0.1) is 5.92 Å². The minimum atomic E-state index is 0.355. The van der Waals surface area contributed by atoms with Crippen LogP contribution in [0.3, 0.4) is 0 Å². The monoisotopic (exact) mass is 265 g/mol. The Kier molecular flexibility index (Phi) is 3.22. The van der Waals surface area contributed by atoms with E-state index in [4.69, 9.17) is 16.3 Å². The van der Waals surface area contributed by atoms with Crippen LogP contribution < -0.4 is 0 Å². The second-order valence-electron chi connectivity index (χ2n) is 4.76. The maximum absolute atomic E-state index is 6.02. The molecule has 2 aromatic rings. The lowest BCUT2D eigenvalue weighted by Gasteiger charge is -2.22. The van der Waals surface area contributed by atoms with E-state index in [0.717, 1.165) is 36.5 Å². The minimum Gasteiger partial charge on any atom is -0.381 e. The van der Waals surface area contributed by atoms with Crippen molar-refractivity contribution in [1.82, 2.24) is 14.5 Å². The average molecular weight is 266 g/mol. The lowest BCUT2D eigenvalue weighted by molar-refractivity contribution is 0.175. The highest BCUT2D eigenvalue weighted by molar-refractivity contribution is 6.16. The Morgan fingerprint density at radius 3 is 3.22 bits per heavy atom. The first-order chi connectivity index (χ1) is 8.81. The summed E-state index contributed by atoms with van der Waals surface area (Å²) in [4.78, 5) is 8.67. The summed E-state index contributed by atoms with van der Waals surface area (Å²) in [5, 5.41) is 0. The largest absolute Gasteiger partial charge is 0.381 e. The van der Waals surface area contributed by atoms with Crippen molar-refractivity contribution >= 4 is 22.6 Å². The van der Waals surface area contributed by atoms with Crippen LogP contribution in [0.5, 0.6) is 0 Å². The van der Waals surface area contributed by atoms with Crippen LogP contribution in [0.4, 0.5) is 0 Å². The van der Waals surface area contributed by atoms with Gasteiger partial charge in [-0.2, -0.15) is 0 Å². The van der Waals surface area contributed by atoms with Crippen molar-refractivity contribution in [2.45, 2.75) is 25.3 Å². The number of ether oxygens (including phenoxy) is 1. The fourth-order valence-corrected chi connectivity index (χ4v) is 2.88. The van der Waals surface area contributed by atoms with Gasteiger partial charge in [-0.05, 0) is 19.4 Å². The summed E-state index contributed by atoms with van der Waals surface area (Å²) in [6.45, 7) is 3.91. The molecule has 1 aliphatic heterocycles. The quantitative estimate of drug-likeness (QED) is 0.801. The third-order valence-electron chi connectivity index (χ3n) is 3.74. The Balaban J connectivity index is 2.08. The number of alkyl halides is 1. The number of hydrogen-bond acceptors (Lipinski definition) is 3. The Labute approximate surface area is 111 Å². The molecule has 0 spiro atoms. The van der Waals surface area contributed by atoms with Gasteiger partial charge in [-0.25, -0.2) is 4.98 Å². The first kappa shape index (κ1) is 11.9. The van der Waals surface area contributed by atoms with Crippen molar-refractivity contribution in [2.75, 3.05) is 13.2 Å². The average Bonchev–Trinajstić information content (AvgIpc) is 3.04. The van der Waals surface area contributed by atoms with E-state index in [1.807, 2.05) is 6.07 Å². The minimum absolute atomic E-state index is 0.355. The van der Waals surface area contributed by atoms with Gasteiger partial charge in [-0.15, -0.1) is 11.6 Å². The fraction of sp³-hybridized carbons (Fsp3) is 0.538. The number of rotatable bonds is 3. The predicted molar refractivity (Wildman–Crippen MR) is 70.7 cm³/mol. The Morgan fingerprint density at radius 2 is 2.50 bits per heavy atom. The zero-order valence-electron chi connectivity index (χ0n) is 10.3. The van der Waals surface area contributed by atoms with Crippen molar-refractivity contribution in [1.29, 1.82) is 0 Å². The fourth-order valence-electron chi connectivity index (χ4n) is 2.69. The molecule has 18 heavy (non-hydrogen) atoms. The zero-order valence-corrected chi connectivity index (χ0v) is 11.1. The normalized spacial score (nSPS) is 21.6. The Bertz CT molecular complexity index is 548. The van der Waals surface area contributed by atoms with Gasteiger partial charge < -0.3 is 9.30 Å². The summed E-state index contributed by atoms with van der Waals surface area (Å²) < 4.78 is 7.72. The van der Waals surface area contributed by atoms with Gasteiger partial charge >= 0.3 is 0 Å². The Hall–Kier alpha value is -1.13. The van der Waals surface area contributed by atoms with Gasteiger partial charge in [0.05, 0.1) is 24.2 Å². The smallest absolute Gasteiger partial charge is 0.125 e. The van der Waals surface area contributed by atoms with Gasteiger partial charge in [0.15, 0.2) is 0 Å². The van der Waals surface area contributed by atoms with Crippen LogP contribution >= 0.6 is 11.6 Å². The van der Waals surface area contributed by atoms with E-state index >= 15 is 0 Å². The van der Waals surface area contributed by atoms with Crippen molar-refractivity contribution in [3.8, 4) is 0 Å². The third-order valence-corrected chi connectivity index (χ3v) is 3.98. The molecule has 3 heterocycles. The van der Waals surface area contributed by atoms with Crippen molar-refractivity contribution in [3.63, 3.8) is 0 Å². The number of fused-ring (bicyclic) bond motifs is 1. The first-order valence-electron chi connectivity index (χ1n) is 6.26. The molecule has 0 radical (unpaired) electrons. The maximum Gasteiger partial charge on any atom is 0.125 e. The van der Waals surface area contributed by atoms with Gasteiger partial charge in [0.2, 0.25) is 0 Å². The highest BCUT2D eigenvalue weighted by Crippen LogP contribution is 2.30. The van der Waals surface area contributed by atoms with E-state index in [2.05, 4.69) is 21.5 Å². The molecule has 0 N–H and O–H groups in total. The van der Waals surface area contributed by atoms with Crippen molar-refractivity contribution < 1.29 is 4.74 Å². The van der Waals surface area contributed by atoms with Crippen LogP contribution in [-0.4, -0.2) is 27.7 Å². The molecule has 1 aliphatic rings. The molecular weight excluding hydrogens is 250 g/mol. The number of imidazole rings is 1. The molecule has 1 saturated heterocycles. The standard InChI is InChI=1S/C13H16ClN3O/c1-9(10-3-5-18-8-10)17-12-2-4-15-7-11(12)16-13(17)6-14/h2,4,7,9-10H,3,5-6,8H2,1H3. The van der Waals surface area contributed by atoms with E-state index in [1.165, 1.54) is 0 Å². The molecular formula is C13H16ClN3O. The third kappa shape index (κ3) is 1.89. The van der Waals surface area contributed by atoms with E-state index in [0.29, 0.717) is 17.8 Å². The molecule has 2 aromatic heterocycles. The van der Waals surface area contributed by atoms with E-state index < -0.39 is 0 Å². The molecule has 3 rings (SSSR count). The number of aromatic nitrogens is 3. The zero-order chi connectivity index (χ0) is 12.5. The summed E-state index contributed by atoms with van der Waals surface area (Å²) in [5.74, 6) is 1.88. The van der Waals surface area contributed by atoms with Gasteiger partial charge in [-0.1, -0.05) is 0 Å². The summed E-state index contributed by atoms with van der Waals surface area (Å²) in [5.41, 5.74) is 2.03. The topological polar surface area (TPSA) is 39.9 Å². The van der Waals surface area contributed by atoms with Gasteiger partial charge in [-0.3, -0.25) is 4.98 Å². The van der Waals surface area contributed by atoms with Gasteiger partial charge in [0, 0.05) is 24.8 Å². The number of hydrogen-bond donors (Lipinski definition) is 0. The highest BCUT2D eigenvalue weighted by Gasteiger charge is 2.26.